The van der Waals surface area contributed by atoms with Gasteiger partial charge in [-0.05, 0) is 91.7 Å². The van der Waals surface area contributed by atoms with Crippen LogP contribution in [0.1, 0.15) is 49.7 Å². The van der Waals surface area contributed by atoms with E-state index < -0.39 is 17.5 Å². The lowest BCUT2D eigenvalue weighted by atomic mass is 9.65. The van der Waals surface area contributed by atoms with Crippen LogP contribution in [0, 0.1) is 29.3 Å². The molecule has 0 unspecified atom stereocenters. The summed E-state index contributed by atoms with van der Waals surface area (Å²) in [6.07, 6.45) is 8.97. The summed E-state index contributed by atoms with van der Waals surface area (Å²) in [7, 11) is 0. The summed E-state index contributed by atoms with van der Waals surface area (Å²) in [5.74, 6) is -0.567. The predicted molar refractivity (Wildman–Crippen MR) is 103 cm³/mol. The maximum Gasteiger partial charge on any atom is 0.142 e. The van der Waals surface area contributed by atoms with Crippen LogP contribution in [0.15, 0.2) is 36.4 Å². The monoisotopic (exact) mass is 390 g/mol. The highest BCUT2D eigenvalue weighted by Crippen LogP contribution is 2.49. The summed E-state index contributed by atoms with van der Waals surface area (Å²) < 4.78 is 44.0. The van der Waals surface area contributed by atoms with Gasteiger partial charge < -0.3 is 0 Å². The van der Waals surface area contributed by atoms with E-state index in [1.54, 1.807) is 0 Å². The molecule has 0 N–H and O–H groups in total. The van der Waals surface area contributed by atoms with Crippen LogP contribution in [-0.2, 0) is 6.42 Å². The summed E-state index contributed by atoms with van der Waals surface area (Å²) in [5.41, 5.74) is 1.46. The summed E-state index contributed by atoms with van der Waals surface area (Å²) in [5, 5.41) is -0.0572. The van der Waals surface area contributed by atoms with Crippen molar-refractivity contribution < 1.29 is 13.2 Å². The van der Waals surface area contributed by atoms with Crippen molar-refractivity contribution in [2.45, 2.75) is 44.9 Å². The molecule has 27 heavy (non-hydrogen) atoms. The zero-order valence-corrected chi connectivity index (χ0v) is 16.0. The maximum atomic E-state index is 15.3. The van der Waals surface area contributed by atoms with Crippen LogP contribution in [-0.4, -0.2) is 0 Å². The Kier molecular flexibility index (Phi) is 5.07. The Balaban J connectivity index is 1.74. The molecule has 0 nitrogen and oxygen atoms in total. The Morgan fingerprint density at radius 3 is 2.59 bits per heavy atom. The SMILES string of the molecule is C/C=C/[C@@H]1CC[C@@H]2c3cc(F)c(-c4ccc(Cl)c(F)c4)c(F)c3CC[C@@H]2C1. The quantitative estimate of drug-likeness (QED) is 0.467. The van der Waals surface area contributed by atoms with Gasteiger partial charge in [0.05, 0.1) is 10.6 Å². The molecule has 0 bridgehead atoms. The van der Waals surface area contributed by atoms with Crippen molar-refractivity contribution in [1.29, 1.82) is 0 Å². The van der Waals surface area contributed by atoms with Crippen LogP contribution in [0.25, 0.3) is 11.1 Å². The van der Waals surface area contributed by atoms with Crippen LogP contribution in [0.4, 0.5) is 13.2 Å². The van der Waals surface area contributed by atoms with E-state index in [1.165, 1.54) is 18.2 Å². The van der Waals surface area contributed by atoms with Gasteiger partial charge in [0, 0.05) is 0 Å². The molecule has 1 saturated carbocycles. The minimum atomic E-state index is -0.673. The number of rotatable bonds is 2. The number of hydrogen-bond donors (Lipinski definition) is 0. The van der Waals surface area contributed by atoms with E-state index in [0.717, 1.165) is 37.3 Å². The van der Waals surface area contributed by atoms with Gasteiger partial charge in [0.2, 0.25) is 0 Å². The minimum absolute atomic E-state index is 0.0572. The van der Waals surface area contributed by atoms with Crippen molar-refractivity contribution in [3.05, 3.63) is 70.0 Å². The number of benzene rings is 2. The van der Waals surface area contributed by atoms with Crippen LogP contribution in [0.3, 0.4) is 0 Å². The molecule has 3 atom stereocenters. The minimum Gasteiger partial charge on any atom is -0.206 e. The molecule has 0 amide bonds. The van der Waals surface area contributed by atoms with Crippen molar-refractivity contribution in [2.75, 3.05) is 0 Å². The molecule has 0 radical (unpaired) electrons. The molecule has 0 heterocycles. The molecular formula is C23H22ClF3. The van der Waals surface area contributed by atoms with Gasteiger partial charge in [0.15, 0.2) is 0 Å². The van der Waals surface area contributed by atoms with Crippen LogP contribution >= 0.6 is 11.6 Å². The number of allylic oxidation sites excluding steroid dienone is 2. The van der Waals surface area contributed by atoms with Crippen LogP contribution in [0.2, 0.25) is 5.02 Å². The molecule has 142 valence electrons. The fourth-order valence-electron chi connectivity index (χ4n) is 4.98. The molecule has 2 aliphatic carbocycles. The zero-order valence-electron chi connectivity index (χ0n) is 15.2. The Hall–Kier alpha value is -1.74. The average molecular weight is 391 g/mol. The van der Waals surface area contributed by atoms with Crippen molar-refractivity contribution in [3.63, 3.8) is 0 Å². The second-order valence-corrected chi connectivity index (χ2v) is 8.16. The standard InChI is InChI=1S/C23H22ClF3/c1-2-3-13-4-7-16-14(10-13)5-8-17-18(16)12-21(26)22(23(17)27)15-6-9-19(24)20(25)11-15/h2-3,6,9,11-14,16H,4-5,7-8,10H2,1H3/b3-2+/t13-,14-,16+/m1/s1. The van der Waals surface area contributed by atoms with Gasteiger partial charge in [0.1, 0.15) is 17.5 Å². The summed E-state index contributed by atoms with van der Waals surface area (Å²) in [6.45, 7) is 2.04. The molecule has 0 aromatic heterocycles. The second-order valence-electron chi connectivity index (χ2n) is 7.75. The smallest absolute Gasteiger partial charge is 0.142 e. The van der Waals surface area contributed by atoms with Crippen molar-refractivity contribution in [1.82, 2.24) is 0 Å². The third kappa shape index (κ3) is 3.31. The van der Waals surface area contributed by atoms with Crippen LogP contribution < -0.4 is 0 Å². The largest absolute Gasteiger partial charge is 0.206 e. The van der Waals surface area contributed by atoms with Crippen molar-refractivity contribution >= 4 is 11.6 Å². The van der Waals surface area contributed by atoms with E-state index in [2.05, 4.69) is 12.2 Å². The lowest BCUT2D eigenvalue weighted by molar-refractivity contribution is 0.234. The molecule has 2 aromatic carbocycles. The lowest BCUT2D eigenvalue weighted by Crippen LogP contribution is -2.28. The zero-order chi connectivity index (χ0) is 19.1. The number of hydrogen-bond acceptors (Lipinski definition) is 0. The van der Waals surface area contributed by atoms with E-state index in [1.807, 2.05) is 6.92 Å². The van der Waals surface area contributed by atoms with Gasteiger partial charge >= 0.3 is 0 Å². The third-order valence-electron chi connectivity index (χ3n) is 6.21. The van der Waals surface area contributed by atoms with E-state index >= 15 is 4.39 Å². The molecule has 2 aliphatic rings. The van der Waals surface area contributed by atoms with E-state index in [9.17, 15) is 8.78 Å². The molecular weight excluding hydrogens is 369 g/mol. The van der Waals surface area contributed by atoms with E-state index in [0.29, 0.717) is 23.8 Å². The first-order valence-corrected chi connectivity index (χ1v) is 9.96. The first kappa shape index (κ1) is 18.6. The van der Waals surface area contributed by atoms with Crippen LogP contribution in [0.5, 0.6) is 0 Å². The fourth-order valence-corrected chi connectivity index (χ4v) is 5.10. The molecule has 4 rings (SSSR count). The molecule has 2 aromatic rings. The van der Waals surface area contributed by atoms with E-state index in [4.69, 9.17) is 11.6 Å². The maximum absolute atomic E-state index is 15.3. The van der Waals surface area contributed by atoms with Gasteiger partial charge in [-0.15, -0.1) is 0 Å². The first-order valence-electron chi connectivity index (χ1n) is 9.58. The summed E-state index contributed by atoms with van der Waals surface area (Å²) in [6, 6.07) is 5.40. The Morgan fingerprint density at radius 2 is 1.85 bits per heavy atom. The average Bonchev–Trinajstić information content (AvgIpc) is 2.64. The lowest BCUT2D eigenvalue weighted by Gasteiger charge is -2.40. The Morgan fingerprint density at radius 1 is 1.04 bits per heavy atom. The van der Waals surface area contributed by atoms with Gasteiger partial charge in [0.25, 0.3) is 0 Å². The van der Waals surface area contributed by atoms with E-state index in [-0.39, 0.29) is 22.1 Å². The topological polar surface area (TPSA) is 0 Å². The highest BCUT2D eigenvalue weighted by atomic mass is 35.5. The molecule has 0 saturated heterocycles. The normalized spacial score (nSPS) is 24.7. The number of fused-ring (bicyclic) bond motifs is 3. The van der Waals surface area contributed by atoms with Gasteiger partial charge in [-0.3, -0.25) is 0 Å². The molecule has 0 aliphatic heterocycles. The second kappa shape index (κ2) is 7.35. The Labute approximate surface area is 163 Å². The number of halogens is 4. The highest BCUT2D eigenvalue weighted by molar-refractivity contribution is 6.30. The van der Waals surface area contributed by atoms with Crippen molar-refractivity contribution in [2.24, 2.45) is 11.8 Å². The molecule has 0 spiro atoms. The third-order valence-corrected chi connectivity index (χ3v) is 6.52. The first-order chi connectivity index (χ1) is 13.0. The van der Waals surface area contributed by atoms with Gasteiger partial charge in [-0.2, -0.15) is 0 Å². The fraction of sp³-hybridized carbons (Fsp3) is 0.391. The van der Waals surface area contributed by atoms with Crippen molar-refractivity contribution in [3.8, 4) is 11.1 Å². The summed E-state index contributed by atoms with van der Waals surface area (Å²) >= 11 is 5.71. The van der Waals surface area contributed by atoms with Gasteiger partial charge in [-0.1, -0.05) is 29.8 Å². The molecule has 1 fully saturated rings. The summed E-state index contributed by atoms with van der Waals surface area (Å²) in [4.78, 5) is 0. The highest BCUT2D eigenvalue weighted by Gasteiger charge is 2.37. The Bertz CT molecular complexity index is 903. The predicted octanol–water partition coefficient (Wildman–Crippen LogP) is 7.45. The molecule has 4 heteroatoms. The van der Waals surface area contributed by atoms with Gasteiger partial charge in [-0.25, -0.2) is 13.2 Å².